The fraction of sp³-hybridized carbons (Fsp3) is 0.125. The Morgan fingerprint density at radius 2 is 1.94 bits per heavy atom. The number of methoxy groups -OCH3 is 1. The predicted octanol–water partition coefficient (Wildman–Crippen LogP) is 3.65. The third kappa shape index (κ3) is 4.15. The first kappa shape index (κ1) is 21.8. The van der Waals surface area contributed by atoms with E-state index in [1.54, 1.807) is 36.4 Å². The summed E-state index contributed by atoms with van der Waals surface area (Å²) < 4.78 is 23.8. The van der Waals surface area contributed by atoms with Gasteiger partial charge in [-0.25, -0.2) is 4.79 Å². The van der Waals surface area contributed by atoms with Gasteiger partial charge in [0.05, 0.1) is 24.2 Å². The summed E-state index contributed by atoms with van der Waals surface area (Å²) in [5.41, 5.74) is 0.636. The van der Waals surface area contributed by atoms with Crippen LogP contribution >= 0.6 is 15.9 Å². The Morgan fingerprint density at radius 3 is 2.79 bits per heavy atom. The number of halogens is 1. The van der Waals surface area contributed by atoms with Crippen LogP contribution in [-0.2, 0) is 6.61 Å². The van der Waals surface area contributed by atoms with Crippen LogP contribution in [0.2, 0.25) is 0 Å². The summed E-state index contributed by atoms with van der Waals surface area (Å²) in [6.45, 7) is 0.403. The van der Waals surface area contributed by atoms with Gasteiger partial charge in [0.2, 0.25) is 6.79 Å². The number of aromatic nitrogens is 2. The van der Waals surface area contributed by atoms with Gasteiger partial charge in [-0.05, 0) is 42.0 Å². The third-order valence-electron chi connectivity index (χ3n) is 5.18. The second-order valence-electron chi connectivity index (χ2n) is 7.34. The van der Waals surface area contributed by atoms with Crippen molar-refractivity contribution in [2.75, 3.05) is 13.9 Å². The number of hydrogen-bond donors (Lipinski definition) is 1. The molecule has 3 aromatic carbocycles. The van der Waals surface area contributed by atoms with Gasteiger partial charge in [0.15, 0.2) is 23.0 Å². The number of hydrogen-bond acceptors (Lipinski definition) is 7. The molecular weight excluding hydrogens is 506 g/mol. The van der Waals surface area contributed by atoms with E-state index in [9.17, 15) is 9.59 Å². The van der Waals surface area contributed by atoms with Gasteiger partial charge in [0, 0.05) is 10.0 Å². The van der Waals surface area contributed by atoms with Crippen LogP contribution in [0, 0.1) is 0 Å². The molecule has 172 valence electrons. The van der Waals surface area contributed by atoms with Gasteiger partial charge in [-0.2, -0.15) is 5.10 Å². The van der Waals surface area contributed by atoms with E-state index < -0.39 is 11.2 Å². The van der Waals surface area contributed by atoms with Gasteiger partial charge in [0.1, 0.15) is 6.61 Å². The molecule has 2 heterocycles. The minimum absolute atomic E-state index is 0.189. The lowest BCUT2D eigenvalue weighted by molar-refractivity contribution is 0.174. The fourth-order valence-electron chi connectivity index (χ4n) is 3.55. The van der Waals surface area contributed by atoms with Crippen LogP contribution in [-0.4, -0.2) is 29.8 Å². The van der Waals surface area contributed by atoms with E-state index in [1.807, 2.05) is 18.2 Å². The number of para-hydroxylation sites is 1. The minimum Gasteiger partial charge on any atom is -0.493 e. The van der Waals surface area contributed by atoms with Crippen molar-refractivity contribution in [3.8, 4) is 23.0 Å². The molecule has 0 bridgehead atoms. The second kappa shape index (κ2) is 9.06. The Hall–Kier alpha value is -4.05. The number of fused-ring (bicyclic) bond motifs is 2. The Kier molecular flexibility index (Phi) is 5.81. The van der Waals surface area contributed by atoms with Crippen LogP contribution in [0.5, 0.6) is 23.0 Å². The monoisotopic (exact) mass is 523 g/mol. The lowest BCUT2D eigenvalue weighted by Crippen LogP contribution is -2.32. The van der Waals surface area contributed by atoms with E-state index in [-0.39, 0.29) is 13.4 Å². The predicted molar refractivity (Wildman–Crippen MR) is 129 cm³/mol. The number of benzene rings is 3. The van der Waals surface area contributed by atoms with Crippen molar-refractivity contribution in [1.82, 2.24) is 9.66 Å². The molecule has 9 nitrogen and oxygen atoms in total. The molecule has 1 aliphatic rings. The molecule has 10 heteroatoms. The molecular formula is C24H18BrN3O6. The standard InChI is InChI=1S/C24H18BrN3O6/c1-31-21-10-16(25)9-15(22(21)32-12-14-6-7-19-20(8-14)34-13-33-19)11-26-28-23(29)17-4-2-3-5-18(17)27-24(28)30/h2-11H,12-13H2,1H3,(H,27,30). The van der Waals surface area contributed by atoms with Crippen LogP contribution in [0.15, 0.2) is 73.8 Å². The zero-order valence-electron chi connectivity index (χ0n) is 17.9. The van der Waals surface area contributed by atoms with Crippen molar-refractivity contribution in [2.24, 2.45) is 5.10 Å². The average molecular weight is 524 g/mol. The quantitative estimate of drug-likeness (QED) is 0.387. The summed E-state index contributed by atoms with van der Waals surface area (Å²) in [4.78, 5) is 27.9. The highest BCUT2D eigenvalue weighted by Gasteiger charge is 2.16. The molecule has 34 heavy (non-hydrogen) atoms. The van der Waals surface area contributed by atoms with Crippen LogP contribution in [0.1, 0.15) is 11.1 Å². The first-order valence-corrected chi connectivity index (χ1v) is 11.0. The molecule has 5 rings (SSSR count). The molecule has 0 radical (unpaired) electrons. The molecule has 0 saturated carbocycles. The van der Waals surface area contributed by atoms with Gasteiger partial charge >= 0.3 is 5.69 Å². The molecule has 0 atom stereocenters. The van der Waals surface area contributed by atoms with Gasteiger partial charge < -0.3 is 23.9 Å². The molecule has 1 aliphatic heterocycles. The van der Waals surface area contributed by atoms with Crippen molar-refractivity contribution in [3.63, 3.8) is 0 Å². The highest BCUT2D eigenvalue weighted by Crippen LogP contribution is 2.36. The number of nitrogens with zero attached hydrogens (tertiary/aromatic N) is 2. The largest absolute Gasteiger partial charge is 0.493 e. The van der Waals surface area contributed by atoms with E-state index in [2.05, 4.69) is 26.0 Å². The fourth-order valence-corrected chi connectivity index (χ4v) is 4.01. The topological polar surface area (TPSA) is 104 Å². The van der Waals surface area contributed by atoms with Gasteiger partial charge in [0.25, 0.3) is 5.56 Å². The molecule has 0 saturated heterocycles. The van der Waals surface area contributed by atoms with E-state index in [0.717, 1.165) is 10.2 Å². The zero-order valence-corrected chi connectivity index (χ0v) is 19.5. The molecule has 0 aliphatic carbocycles. The summed E-state index contributed by atoms with van der Waals surface area (Å²) in [5, 5.41) is 4.50. The number of aromatic amines is 1. The molecule has 1 N–H and O–H groups in total. The Labute approximate surface area is 201 Å². The maximum Gasteiger partial charge on any atom is 0.349 e. The average Bonchev–Trinajstić information content (AvgIpc) is 3.31. The molecule has 0 amide bonds. The van der Waals surface area contributed by atoms with Crippen molar-refractivity contribution in [1.29, 1.82) is 0 Å². The summed E-state index contributed by atoms with van der Waals surface area (Å²) >= 11 is 3.44. The lowest BCUT2D eigenvalue weighted by Gasteiger charge is -2.14. The van der Waals surface area contributed by atoms with Crippen molar-refractivity contribution in [3.05, 3.63) is 91.0 Å². The summed E-state index contributed by atoms with van der Waals surface area (Å²) in [5.74, 6) is 2.19. The van der Waals surface area contributed by atoms with Crippen molar-refractivity contribution in [2.45, 2.75) is 6.61 Å². The first-order valence-electron chi connectivity index (χ1n) is 10.2. The molecule has 4 aromatic rings. The Bertz CT molecular complexity index is 1540. The highest BCUT2D eigenvalue weighted by molar-refractivity contribution is 9.10. The second-order valence-corrected chi connectivity index (χ2v) is 8.26. The third-order valence-corrected chi connectivity index (χ3v) is 5.64. The highest BCUT2D eigenvalue weighted by atomic mass is 79.9. The summed E-state index contributed by atoms with van der Waals surface area (Å²) in [6.07, 6.45) is 1.38. The van der Waals surface area contributed by atoms with E-state index in [1.165, 1.54) is 13.3 Å². The van der Waals surface area contributed by atoms with Crippen LogP contribution in [0.3, 0.4) is 0 Å². The molecule has 0 unspecified atom stereocenters. The molecule has 0 spiro atoms. The summed E-state index contributed by atoms with van der Waals surface area (Å²) in [6, 6.07) is 15.8. The maximum absolute atomic E-state index is 12.8. The summed E-state index contributed by atoms with van der Waals surface area (Å²) in [7, 11) is 1.52. The zero-order chi connectivity index (χ0) is 23.7. The molecule has 1 aromatic heterocycles. The number of nitrogens with one attached hydrogen (secondary N) is 1. The van der Waals surface area contributed by atoms with Gasteiger partial charge in [-0.1, -0.05) is 34.1 Å². The SMILES string of the molecule is COc1cc(Br)cc(C=Nn2c(=O)[nH]c3ccccc3c2=O)c1OCc1ccc2c(c1)OCO2. The van der Waals surface area contributed by atoms with Gasteiger partial charge in [-0.15, -0.1) is 4.68 Å². The Morgan fingerprint density at radius 1 is 1.12 bits per heavy atom. The van der Waals surface area contributed by atoms with E-state index >= 15 is 0 Å². The van der Waals surface area contributed by atoms with Crippen LogP contribution in [0.4, 0.5) is 0 Å². The maximum atomic E-state index is 12.8. The first-order chi connectivity index (χ1) is 16.5. The smallest absolute Gasteiger partial charge is 0.349 e. The van der Waals surface area contributed by atoms with Crippen LogP contribution < -0.4 is 30.2 Å². The number of H-pyrrole nitrogens is 1. The number of rotatable bonds is 6. The minimum atomic E-state index is -0.648. The number of ether oxygens (including phenoxy) is 4. The molecule has 0 fully saturated rings. The van der Waals surface area contributed by atoms with Crippen molar-refractivity contribution < 1.29 is 18.9 Å². The van der Waals surface area contributed by atoms with E-state index in [4.69, 9.17) is 18.9 Å². The Balaban J connectivity index is 1.50. The van der Waals surface area contributed by atoms with Crippen molar-refractivity contribution >= 4 is 33.0 Å². The van der Waals surface area contributed by atoms with Crippen LogP contribution in [0.25, 0.3) is 10.9 Å². The normalized spacial score (nSPS) is 12.4. The van der Waals surface area contributed by atoms with Gasteiger partial charge in [-0.3, -0.25) is 4.79 Å². The van der Waals surface area contributed by atoms with E-state index in [0.29, 0.717) is 43.9 Å². The lowest BCUT2D eigenvalue weighted by atomic mass is 10.2.